The maximum atomic E-state index is 7.55. The van der Waals surface area contributed by atoms with E-state index in [0.717, 1.165) is 55.3 Å². The third kappa shape index (κ3) is 6.33. The second kappa shape index (κ2) is 17.5. The molecular formula is C96H72N2O2. The highest BCUT2D eigenvalue weighted by Gasteiger charge is 2.48. The lowest BCUT2D eigenvalue weighted by molar-refractivity contribution is 0.648. The van der Waals surface area contributed by atoms with Gasteiger partial charge in [0.05, 0.1) is 44.2 Å². The Morgan fingerprint density at radius 1 is 0.220 bits per heavy atom. The Hall–Kier alpha value is -10.9. The van der Waals surface area contributed by atoms with Crippen molar-refractivity contribution >= 4 is 87.5 Å². The van der Waals surface area contributed by atoms with Crippen molar-refractivity contribution in [3.05, 3.63) is 285 Å². The minimum absolute atomic E-state index is 0.201. The van der Waals surface area contributed by atoms with Crippen molar-refractivity contribution < 1.29 is 8.83 Å². The maximum absolute atomic E-state index is 7.55. The number of furan rings is 2. The number of benzene rings is 13. The zero-order valence-electron chi connectivity index (χ0n) is 58.5. The average molecular weight is 1290 g/mol. The zero-order valence-corrected chi connectivity index (χ0v) is 58.5. The Labute approximate surface area is 580 Å². The van der Waals surface area contributed by atoms with Crippen molar-refractivity contribution in [2.24, 2.45) is 0 Å². The summed E-state index contributed by atoms with van der Waals surface area (Å²) in [6.45, 7) is 29.2. The van der Waals surface area contributed by atoms with Gasteiger partial charge in [-0.3, -0.25) is 0 Å². The quantitative estimate of drug-likeness (QED) is 0.173. The van der Waals surface area contributed by atoms with Crippen LogP contribution in [0.3, 0.4) is 0 Å². The molecule has 6 aliphatic carbocycles. The molecule has 0 unspecified atom stereocenters. The summed E-state index contributed by atoms with van der Waals surface area (Å²) in [4.78, 5) is 0. The summed E-state index contributed by atoms with van der Waals surface area (Å²) in [5.74, 6) is 0. The molecule has 6 aliphatic rings. The highest BCUT2D eigenvalue weighted by atomic mass is 16.3. The Morgan fingerprint density at radius 2 is 0.480 bits per heavy atom. The molecule has 17 aromatic rings. The molecule has 0 saturated heterocycles. The van der Waals surface area contributed by atoms with Crippen LogP contribution in [0.15, 0.2) is 227 Å². The molecule has 0 radical (unpaired) electrons. The summed E-state index contributed by atoms with van der Waals surface area (Å²) >= 11 is 0. The predicted octanol–water partition coefficient (Wildman–Crippen LogP) is 25.5. The maximum Gasteiger partial charge on any atom is 0.145 e. The number of hydrogen-bond donors (Lipinski definition) is 0. The Kier molecular flexibility index (Phi) is 9.82. The zero-order chi connectivity index (χ0) is 67.3. The van der Waals surface area contributed by atoms with E-state index in [1.807, 2.05) is 0 Å². The third-order valence-corrected chi connectivity index (χ3v) is 26.5. The number of aromatic nitrogens is 2. The van der Waals surface area contributed by atoms with E-state index in [9.17, 15) is 0 Å². The molecule has 478 valence electrons. The molecule has 0 saturated carbocycles. The van der Waals surface area contributed by atoms with E-state index in [4.69, 9.17) is 8.83 Å². The molecule has 0 fully saturated rings. The molecule has 0 amide bonds. The first kappa shape index (κ1) is 56.0. The second-order valence-electron chi connectivity index (χ2n) is 33.4. The van der Waals surface area contributed by atoms with Crippen LogP contribution in [0.4, 0.5) is 0 Å². The van der Waals surface area contributed by atoms with Crippen molar-refractivity contribution in [1.29, 1.82) is 0 Å². The highest BCUT2D eigenvalue weighted by molar-refractivity contribution is 6.23. The van der Waals surface area contributed by atoms with Crippen LogP contribution in [0.1, 0.15) is 150 Å². The number of rotatable bonds is 2. The number of para-hydroxylation sites is 2. The predicted molar refractivity (Wildman–Crippen MR) is 415 cm³/mol. The number of fused-ring (bicyclic) bond motifs is 32. The van der Waals surface area contributed by atoms with E-state index in [1.54, 1.807) is 0 Å². The Morgan fingerprint density at radius 3 is 0.790 bits per heavy atom. The van der Waals surface area contributed by atoms with Gasteiger partial charge in [-0.15, -0.1) is 0 Å². The van der Waals surface area contributed by atoms with E-state index in [0.29, 0.717) is 0 Å². The van der Waals surface area contributed by atoms with Crippen LogP contribution in [-0.4, -0.2) is 9.13 Å². The fourth-order valence-electron chi connectivity index (χ4n) is 21.3. The molecule has 13 aromatic carbocycles. The van der Waals surface area contributed by atoms with Crippen LogP contribution in [0.5, 0.6) is 0 Å². The topological polar surface area (TPSA) is 36.1 Å². The highest BCUT2D eigenvalue weighted by Crippen LogP contribution is 2.64. The molecule has 4 heterocycles. The number of nitrogens with zero attached hydrogens (tertiary/aromatic N) is 2. The van der Waals surface area contributed by atoms with Gasteiger partial charge in [0.15, 0.2) is 0 Å². The lowest BCUT2D eigenvalue weighted by atomic mass is 9.79. The van der Waals surface area contributed by atoms with Gasteiger partial charge in [0.1, 0.15) is 22.3 Å². The summed E-state index contributed by atoms with van der Waals surface area (Å²) < 4.78 is 20.4. The third-order valence-electron chi connectivity index (χ3n) is 26.5. The monoisotopic (exact) mass is 1280 g/mol. The van der Waals surface area contributed by atoms with Crippen LogP contribution < -0.4 is 0 Å². The van der Waals surface area contributed by atoms with Gasteiger partial charge in [-0.2, -0.15) is 0 Å². The fourth-order valence-corrected chi connectivity index (χ4v) is 21.3. The largest absolute Gasteiger partial charge is 0.455 e. The summed E-state index contributed by atoms with van der Waals surface area (Å²) in [5.41, 5.74) is 40.7. The molecule has 4 heteroatoms. The van der Waals surface area contributed by atoms with Gasteiger partial charge in [0.2, 0.25) is 0 Å². The van der Waals surface area contributed by atoms with E-state index < -0.39 is 10.8 Å². The van der Waals surface area contributed by atoms with E-state index in [2.05, 4.69) is 311 Å². The summed E-state index contributed by atoms with van der Waals surface area (Å²) in [7, 11) is 0. The van der Waals surface area contributed by atoms with Gasteiger partial charge in [-0.25, -0.2) is 0 Å². The normalized spacial score (nSPS) is 17.1. The van der Waals surface area contributed by atoms with E-state index in [-0.39, 0.29) is 21.7 Å². The first-order valence-corrected chi connectivity index (χ1v) is 36.1. The van der Waals surface area contributed by atoms with Crippen molar-refractivity contribution in [2.75, 3.05) is 0 Å². The van der Waals surface area contributed by atoms with Gasteiger partial charge >= 0.3 is 0 Å². The molecular weight excluding hydrogens is 1210 g/mol. The molecule has 0 aliphatic heterocycles. The van der Waals surface area contributed by atoms with Crippen molar-refractivity contribution in [1.82, 2.24) is 9.13 Å². The molecule has 4 nitrogen and oxygen atoms in total. The van der Waals surface area contributed by atoms with Gasteiger partial charge in [-0.1, -0.05) is 217 Å². The summed E-state index contributed by atoms with van der Waals surface area (Å²) in [6.07, 6.45) is 0. The van der Waals surface area contributed by atoms with Crippen LogP contribution in [0, 0.1) is 0 Å². The molecule has 0 bridgehead atoms. The van der Waals surface area contributed by atoms with Crippen LogP contribution >= 0.6 is 0 Å². The standard InChI is InChI=1S/C96H72N2O2/c1-91(2)65-31-19-13-25-49(65)55-37-59-60-38-56-50-26-14-20-32-66(50)92(3,4)72(56)44-78(60)97(77(59)43-71(55)91)81-47-75-85(89-87(81)53-29-17-23-35-83(53)99-89)63-41-70-64(42-69(63)95(75,9)10)86-76(96(70,11)12)48-82(88-54-30-18-24-36-84(54)100-90(86)88)98-79-45-73-57(51-27-15-21-33-67(51)93(73,5)6)39-61(79)62-40-58-52-28-16-22-34-68(52)94(7,8)74(58)46-80(62)98/h13-48H,1-12H3. The van der Waals surface area contributed by atoms with Gasteiger partial charge < -0.3 is 18.0 Å². The molecule has 23 rings (SSSR count). The summed E-state index contributed by atoms with van der Waals surface area (Å²) in [5, 5.41) is 9.59. The SMILES string of the molecule is CC1(C)c2ccccc2-c2cc3c4cc5c(cc4n(-c4cc6c(c7oc8ccccc8c47)-c4cc7c(cc4C6(C)C)-c4c(cc(-n6c8cc9c(cc8c8cc%10c(cc86)C(C)(C)c6ccccc6-%10)-c6ccccc6C9(C)C)c6c4oc4ccccc46)C7(C)C)c3cc21)C(C)(C)c1ccccc1-5. The molecule has 4 aromatic heterocycles. The molecule has 100 heavy (non-hydrogen) atoms. The molecule has 0 atom stereocenters. The Balaban J connectivity index is 0.780. The average Bonchev–Trinajstić information content (AvgIpc) is 1.51. The lowest BCUT2D eigenvalue weighted by Crippen LogP contribution is -2.17. The smallest absolute Gasteiger partial charge is 0.145 e. The van der Waals surface area contributed by atoms with Gasteiger partial charge in [0, 0.05) is 75.9 Å². The van der Waals surface area contributed by atoms with Crippen molar-refractivity contribution in [3.8, 4) is 78.1 Å². The van der Waals surface area contributed by atoms with Crippen molar-refractivity contribution in [2.45, 2.75) is 116 Å². The first-order chi connectivity index (χ1) is 48.1. The number of hydrogen-bond acceptors (Lipinski definition) is 2. The first-order valence-electron chi connectivity index (χ1n) is 36.1. The molecule has 0 spiro atoms. The van der Waals surface area contributed by atoms with Gasteiger partial charge in [-0.05, 0) is 207 Å². The van der Waals surface area contributed by atoms with E-state index in [1.165, 1.54) is 177 Å². The van der Waals surface area contributed by atoms with Crippen LogP contribution in [-0.2, 0) is 32.5 Å². The molecule has 0 N–H and O–H groups in total. The van der Waals surface area contributed by atoms with Gasteiger partial charge in [0.25, 0.3) is 0 Å². The van der Waals surface area contributed by atoms with Crippen molar-refractivity contribution in [3.63, 3.8) is 0 Å². The fraction of sp³-hybridized carbons (Fsp3) is 0.188. The summed E-state index contributed by atoms with van der Waals surface area (Å²) in [6, 6.07) is 84.6. The minimum atomic E-state index is -0.458. The lowest BCUT2D eigenvalue weighted by Gasteiger charge is -2.25. The van der Waals surface area contributed by atoms with Crippen LogP contribution in [0.25, 0.3) is 166 Å². The van der Waals surface area contributed by atoms with E-state index >= 15 is 0 Å². The second-order valence-corrected chi connectivity index (χ2v) is 33.4. The van der Waals surface area contributed by atoms with Crippen LogP contribution in [0.2, 0.25) is 0 Å². The Bertz CT molecular complexity index is 6170. The minimum Gasteiger partial charge on any atom is -0.455 e.